The third-order valence-corrected chi connectivity index (χ3v) is 2.53. The molecule has 0 rings (SSSR count). The van der Waals surface area contributed by atoms with E-state index in [0.717, 1.165) is 0 Å². The molecule has 0 fully saturated rings. The Hall–Kier alpha value is -0.320. The number of hydroxylamine groups is 3. The van der Waals surface area contributed by atoms with Gasteiger partial charge in [-0.2, -0.15) is 0 Å². The molecule has 0 aliphatic heterocycles. The zero-order valence-corrected chi connectivity index (χ0v) is 12.7. The van der Waals surface area contributed by atoms with E-state index in [4.69, 9.17) is 28.4 Å². The highest BCUT2D eigenvalue weighted by Gasteiger charge is 2.16. The number of rotatable bonds is 15. The Kier molecular flexibility index (Phi) is 13.4. The zero-order chi connectivity index (χ0) is 15.1. The second kappa shape index (κ2) is 13.7. The van der Waals surface area contributed by atoms with Crippen LogP contribution in [0.5, 0.6) is 0 Å². The van der Waals surface area contributed by atoms with Gasteiger partial charge in [-0.3, -0.25) is 0 Å². The van der Waals surface area contributed by atoms with Crippen LogP contribution in [0.15, 0.2) is 0 Å². The van der Waals surface area contributed by atoms with Crippen molar-refractivity contribution in [2.24, 2.45) is 0 Å². The van der Waals surface area contributed by atoms with E-state index in [1.807, 2.05) is 0 Å². The van der Waals surface area contributed by atoms with Crippen LogP contribution in [-0.2, 0) is 28.4 Å². The van der Waals surface area contributed by atoms with Crippen molar-refractivity contribution in [1.82, 2.24) is 0 Å². The highest BCUT2D eigenvalue weighted by atomic mass is 16.7. The van der Waals surface area contributed by atoms with Gasteiger partial charge in [0.15, 0.2) is 0 Å². The minimum absolute atomic E-state index is 0.181. The van der Waals surface area contributed by atoms with Crippen LogP contribution in [0.25, 0.3) is 0 Å². The maximum absolute atomic E-state index is 12.6. The van der Waals surface area contributed by atoms with Gasteiger partial charge >= 0.3 is 0 Å². The van der Waals surface area contributed by atoms with Gasteiger partial charge in [0.1, 0.15) is 40.0 Å². The Morgan fingerprint density at radius 3 is 1.20 bits per heavy atom. The van der Waals surface area contributed by atoms with E-state index in [9.17, 15) is 5.21 Å². The van der Waals surface area contributed by atoms with Gasteiger partial charge in [-0.25, -0.2) is 0 Å². The fourth-order valence-electron chi connectivity index (χ4n) is 1.45. The minimum atomic E-state index is -0.447. The number of methoxy groups -OCH3 is 3. The molecule has 0 bridgehead atoms. The molecule has 0 saturated carbocycles. The molecule has 0 amide bonds. The average molecular weight is 297 g/mol. The van der Waals surface area contributed by atoms with E-state index in [0.29, 0.717) is 39.5 Å². The molecule has 20 heavy (non-hydrogen) atoms. The van der Waals surface area contributed by atoms with Crippen molar-refractivity contribution in [3.05, 3.63) is 5.21 Å². The first-order chi connectivity index (χ1) is 9.68. The van der Waals surface area contributed by atoms with Crippen LogP contribution in [0, 0.1) is 5.21 Å². The lowest BCUT2D eigenvalue weighted by molar-refractivity contribution is -0.882. The van der Waals surface area contributed by atoms with E-state index >= 15 is 0 Å². The zero-order valence-electron chi connectivity index (χ0n) is 12.7. The average Bonchev–Trinajstić information content (AvgIpc) is 2.45. The molecule has 122 valence electrons. The normalized spacial score (nSPS) is 12.0. The molecular formula is C12H27NO7. The maximum atomic E-state index is 12.6. The predicted octanol–water partition coefficient (Wildman–Crippen LogP) is 0.163. The standard InChI is InChI=1S/C12H27NO7/c1-15-10-18-7-4-13(14,5-8-19-11-16-2)6-9-20-12-17-3/h4-12H2,1-3H3. The molecule has 0 aromatic rings. The Labute approximate surface area is 120 Å². The largest absolute Gasteiger partial charge is 0.633 e. The molecule has 0 radical (unpaired) electrons. The molecule has 0 saturated heterocycles. The summed E-state index contributed by atoms with van der Waals surface area (Å²) in [6, 6.07) is 0. The Morgan fingerprint density at radius 1 is 0.650 bits per heavy atom. The summed E-state index contributed by atoms with van der Waals surface area (Å²) >= 11 is 0. The van der Waals surface area contributed by atoms with Crippen LogP contribution < -0.4 is 0 Å². The molecule has 0 aliphatic rings. The smallest absolute Gasteiger partial charge is 0.146 e. The van der Waals surface area contributed by atoms with E-state index in [1.165, 1.54) is 21.3 Å². The van der Waals surface area contributed by atoms with Gasteiger partial charge in [-0.1, -0.05) is 0 Å². The lowest BCUT2D eigenvalue weighted by atomic mass is 10.4. The Morgan fingerprint density at radius 2 is 0.950 bits per heavy atom. The van der Waals surface area contributed by atoms with E-state index in [-0.39, 0.29) is 20.4 Å². The number of ether oxygens (including phenoxy) is 6. The Balaban J connectivity index is 3.98. The molecule has 0 unspecified atom stereocenters. The van der Waals surface area contributed by atoms with Crippen molar-refractivity contribution in [1.29, 1.82) is 0 Å². The van der Waals surface area contributed by atoms with Crippen molar-refractivity contribution < 1.29 is 33.1 Å². The number of nitrogens with zero attached hydrogens (tertiary/aromatic N) is 1. The first-order valence-corrected chi connectivity index (χ1v) is 6.45. The van der Waals surface area contributed by atoms with E-state index in [2.05, 4.69) is 0 Å². The second-order valence-corrected chi connectivity index (χ2v) is 4.17. The highest BCUT2D eigenvalue weighted by molar-refractivity contribution is 4.45. The van der Waals surface area contributed by atoms with Crippen molar-refractivity contribution >= 4 is 0 Å². The summed E-state index contributed by atoms with van der Waals surface area (Å²) in [5, 5.41) is 12.6. The third-order valence-electron chi connectivity index (χ3n) is 2.53. The summed E-state index contributed by atoms with van der Waals surface area (Å²) in [5.41, 5.74) is 0. The van der Waals surface area contributed by atoms with E-state index < -0.39 is 4.65 Å². The molecule has 0 aromatic heterocycles. The van der Waals surface area contributed by atoms with Gasteiger partial charge in [0.05, 0.1) is 19.8 Å². The monoisotopic (exact) mass is 297 g/mol. The summed E-state index contributed by atoms with van der Waals surface area (Å²) in [4.78, 5) is 0. The molecule has 0 aliphatic carbocycles. The summed E-state index contributed by atoms with van der Waals surface area (Å²) in [6.45, 7) is 2.47. The first-order valence-electron chi connectivity index (χ1n) is 6.45. The molecule has 0 aromatic carbocycles. The predicted molar refractivity (Wildman–Crippen MR) is 71.7 cm³/mol. The highest BCUT2D eigenvalue weighted by Crippen LogP contribution is 2.04. The van der Waals surface area contributed by atoms with Crippen LogP contribution >= 0.6 is 0 Å². The van der Waals surface area contributed by atoms with Crippen LogP contribution in [0.2, 0.25) is 0 Å². The molecule has 0 spiro atoms. The molecule has 8 heteroatoms. The fourth-order valence-corrected chi connectivity index (χ4v) is 1.45. The van der Waals surface area contributed by atoms with Gasteiger partial charge in [-0.15, -0.1) is 0 Å². The van der Waals surface area contributed by atoms with Gasteiger partial charge in [-0.05, 0) is 0 Å². The quantitative estimate of drug-likeness (QED) is 0.184. The van der Waals surface area contributed by atoms with Crippen LogP contribution in [0.1, 0.15) is 0 Å². The lowest BCUT2D eigenvalue weighted by Crippen LogP contribution is -2.49. The molecular weight excluding hydrogens is 270 g/mol. The summed E-state index contributed by atoms with van der Waals surface area (Å²) in [5.74, 6) is 0. The second-order valence-electron chi connectivity index (χ2n) is 4.17. The van der Waals surface area contributed by atoms with Gasteiger partial charge in [0.25, 0.3) is 0 Å². The van der Waals surface area contributed by atoms with Crippen LogP contribution in [0.4, 0.5) is 0 Å². The topological polar surface area (TPSA) is 78.4 Å². The van der Waals surface area contributed by atoms with Crippen molar-refractivity contribution in [2.45, 2.75) is 0 Å². The number of quaternary nitrogens is 1. The Bertz CT molecular complexity index is 175. The summed E-state index contributed by atoms with van der Waals surface area (Å²) in [7, 11) is 4.61. The summed E-state index contributed by atoms with van der Waals surface area (Å²) < 4.78 is 29.4. The van der Waals surface area contributed by atoms with Crippen LogP contribution in [0.3, 0.4) is 0 Å². The SMILES string of the molecule is COCOCC[N+]([O-])(CCOCOC)CCOCOC. The lowest BCUT2D eigenvalue weighted by Gasteiger charge is -2.42. The minimum Gasteiger partial charge on any atom is -0.633 e. The van der Waals surface area contributed by atoms with Crippen molar-refractivity contribution in [2.75, 3.05) is 81.2 Å². The van der Waals surface area contributed by atoms with Crippen molar-refractivity contribution in [3.63, 3.8) is 0 Å². The maximum Gasteiger partial charge on any atom is 0.146 e. The molecule has 0 N–H and O–H groups in total. The first kappa shape index (κ1) is 19.7. The number of hydrogen-bond donors (Lipinski definition) is 0. The van der Waals surface area contributed by atoms with Gasteiger partial charge in [0.2, 0.25) is 0 Å². The summed E-state index contributed by atoms with van der Waals surface area (Å²) in [6.07, 6.45) is 0. The van der Waals surface area contributed by atoms with Gasteiger partial charge < -0.3 is 38.3 Å². The molecule has 8 nitrogen and oxygen atoms in total. The third kappa shape index (κ3) is 11.5. The van der Waals surface area contributed by atoms with Gasteiger partial charge in [0, 0.05) is 21.3 Å². The molecule has 0 heterocycles. The van der Waals surface area contributed by atoms with E-state index in [1.54, 1.807) is 0 Å². The fraction of sp³-hybridized carbons (Fsp3) is 1.00. The van der Waals surface area contributed by atoms with Crippen LogP contribution in [-0.4, -0.2) is 85.8 Å². The van der Waals surface area contributed by atoms with Crippen molar-refractivity contribution in [3.8, 4) is 0 Å². The number of hydrogen-bond acceptors (Lipinski definition) is 7. The molecule has 0 atom stereocenters.